The smallest absolute Gasteiger partial charge is 0.229 e. The van der Waals surface area contributed by atoms with Crippen molar-refractivity contribution in [3.8, 4) is 34.5 Å². The number of carbonyl (C=O) groups excluding carboxylic acids is 8. The van der Waals surface area contributed by atoms with Crippen molar-refractivity contribution in [1.82, 2.24) is 4.90 Å². The summed E-state index contributed by atoms with van der Waals surface area (Å²) in [5.74, 6) is -7.92. The van der Waals surface area contributed by atoms with Crippen LogP contribution in [-0.4, -0.2) is 226 Å². The van der Waals surface area contributed by atoms with Gasteiger partial charge in [0, 0.05) is 110 Å². The Balaban J connectivity index is 0.000000216. The van der Waals surface area contributed by atoms with Crippen LogP contribution in [0.25, 0.3) is 0 Å². The number of benzene rings is 4. The molecule has 17 atom stereocenters. The van der Waals surface area contributed by atoms with E-state index in [0.717, 1.165) is 4.90 Å². The summed E-state index contributed by atoms with van der Waals surface area (Å²) in [6, 6.07) is 7.51. The molecule has 30 nitrogen and oxygen atoms in total. The molecule has 0 radical (unpaired) electrons. The third kappa shape index (κ3) is 13.8. The van der Waals surface area contributed by atoms with Crippen molar-refractivity contribution < 1.29 is 133 Å². The van der Waals surface area contributed by atoms with E-state index < -0.39 is 208 Å². The van der Waals surface area contributed by atoms with Crippen LogP contribution in [0.5, 0.6) is 34.5 Å². The molecule has 97 heavy (non-hydrogen) atoms. The number of rotatable bonds is 13. The van der Waals surface area contributed by atoms with E-state index in [1.54, 1.807) is 20.8 Å². The first kappa shape index (κ1) is 76.6. The van der Waals surface area contributed by atoms with Gasteiger partial charge in [-0.25, -0.2) is 0 Å². The number of fused-ring (bicyclic) bond motifs is 6. The number of amides is 2. The summed E-state index contributed by atoms with van der Waals surface area (Å²) >= 11 is 0. The van der Waals surface area contributed by atoms with E-state index >= 15 is 0 Å². The van der Waals surface area contributed by atoms with E-state index in [1.165, 1.54) is 64.6 Å². The molecule has 3 aliphatic heterocycles. The van der Waals surface area contributed by atoms with Crippen LogP contribution < -0.4 is 20.9 Å². The normalized spacial score (nSPS) is 30.6. The van der Waals surface area contributed by atoms with Gasteiger partial charge >= 0.3 is 0 Å². The summed E-state index contributed by atoms with van der Waals surface area (Å²) in [7, 11) is 3.92. The summed E-state index contributed by atoms with van der Waals surface area (Å²) < 4.78 is 39.1. The van der Waals surface area contributed by atoms with Crippen LogP contribution in [0.4, 0.5) is 0 Å². The molecule has 30 heteroatoms. The number of carbonyl (C=O) groups is 8. The summed E-state index contributed by atoms with van der Waals surface area (Å²) in [5.41, 5.74) is 6.01. The van der Waals surface area contributed by atoms with E-state index in [0.29, 0.717) is 6.41 Å². The van der Waals surface area contributed by atoms with Crippen LogP contribution in [0.1, 0.15) is 179 Å². The van der Waals surface area contributed by atoms with Gasteiger partial charge in [-0.15, -0.1) is 0 Å². The molecule has 0 spiro atoms. The average molecular weight is 1360 g/mol. The molecule has 4 aromatic rings. The first-order valence-corrected chi connectivity index (χ1v) is 30.5. The number of ether oxygens (including phenoxy) is 7. The molecular formula is C67H85N3O27. The molecule has 0 saturated carbocycles. The van der Waals surface area contributed by atoms with Crippen LogP contribution in [-0.2, 0) is 55.7 Å². The second-order valence-electron chi connectivity index (χ2n) is 24.7. The predicted octanol–water partition coefficient (Wildman–Crippen LogP) is 0.759. The summed E-state index contributed by atoms with van der Waals surface area (Å²) in [6.45, 7) is 5.41. The van der Waals surface area contributed by atoms with Crippen molar-refractivity contribution in [3.05, 3.63) is 103 Å². The van der Waals surface area contributed by atoms with Gasteiger partial charge < -0.3 is 106 Å². The van der Waals surface area contributed by atoms with Crippen molar-refractivity contribution >= 4 is 47.0 Å². The average Bonchev–Trinajstić information content (AvgIpc) is 0.717. The van der Waals surface area contributed by atoms with E-state index in [4.69, 9.17) is 49.7 Å². The minimum absolute atomic E-state index is 0. The number of aliphatic hydroxyl groups excluding tert-OH is 6. The number of nitrogens with two attached hydrogens (primary N) is 2. The highest BCUT2D eigenvalue weighted by Crippen LogP contribution is 2.55. The molecule has 2 amide bonds. The number of nitrogens with zero attached hydrogens (tertiary/aromatic N) is 1. The van der Waals surface area contributed by atoms with Crippen molar-refractivity contribution in [2.24, 2.45) is 17.4 Å². The number of Topliss-reactive ketones (excluding diaryl/α,β-unsaturated/α-hetero) is 2. The minimum Gasteiger partial charge on any atom is -0.507 e. The van der Waals surface area contributed by atoms with Crippen LogP contribution in [0.2, 0.25) is 0 Å². The molecule has 11 rings (SSSR count). The lowest BCUT2D eigenvalue weighted by molar-refractivity contribution is -0.270. The van der Waals surface area contributed by atoms with Gasteiger partial charge in [0.25, 0.3) is 0 Å². The Bertz CT molecular complexity index is 3720. The van der Waals surface area contributed by atoms with Crippen molar-refractivity contribution in [2.75, 3.05) is 27.9 Å². The molecule has 3 heterocycles. The molecule has 0 aromatic heterocycles. The maximum atomic E-state index is 13.7. The van der Waals surface area contributed by atoms with Gasteiger partial charge in [0.2, 0.25) is 23.9 Å². The van der Waals surface area contributed by atoms with Crippen LogP contribution in [0.15, 0.2) is 36.4 Å². The van der Waals surface area contributed by atoms with Crippen molar-refractivity contribution in [3.63, 3.8) is 0 Å². The maximum absolute atomic E-state index is 13.7. The lowest BCUT2D eigenvalue weighted by Crippen LogP contribution is -2.56. The second kappa shape index (κ2) is 29.8. The van der Waals surface area contributed by atoms with Crippen LogP contribution in [0, 0.1) is 5.92 Å². The number of ketones is 6. The Morgan fingerprint density at radius 2 is 1.04 bits per heavy atom. The predicted molar refractivity (Wildman–Crippen MR) is 336 cm³/mol. The van der Waals surface area contributed by atoms with Gasteiger partial charge in [-0.2, -0.15) is 0 Å². The molecule has 3 fully saturated rings. The SMILES string of the molecule is C.C.CCC(=O)[C@]1(O)Cc2c(O)c3c(c(O)c2[C@@H](OC2CC(N)C(O)C(C)O2)C1)C(=O)c1c(OC)cccc1C3=O.CN(C=O)C(=O)C[C@@H]1[C@@H](O)[C@H](O)[C@@H](CO)O[C@H]1O.COc1cccc2c1C(=O)c1c(O)c3c(c(O)c1C2=O)C[C@@](O)(C(C)=O)C[C@@H]3O[C@H]1C[C@@H](N)[C@H](O)C(C)O1. The fourth-order valence-electron chi connectivity index (χ4n) is 13.4. The molecule has 0 bridgehead atoms. The zero-order chi connectivity index (χ0) is 69.9. The van der Waals surface area contributed by atoms with Crippen LogP contribution >= 0.6 is 0 Å². The summed E-state index contributed by atoms with van der Waals surface area (Å²) in [5, 5.41) is 126. The molecule has 3 saturated heterocycles. The number of hydrogen-bond acceptors (Lipinski definition) is 29. The van der Waals surface area contributed by atoms with Crippen molar-refractivity contribution in [2.45, 2.75) is 191 Å². The van der Waals surface area contributed by atoms with Gasteiger partial charge in [0.05, 0.1) is 96.9 Å². The number of aromatic hydroxyl groups is 4. The van der Waals surface area contributed by atoms with Gasteiger partial charge in [0.15, 0.2) is 42.0 Å². The number of phenols is 4. The van der Waals surface area contributed by atoms with Gasteiger partial charge in [0.1, 0.15) is 57.9 Å². The molecule has 4 aliphatic carbocycles. The first-order valence-electron chi connectivity index (χ1n) is 30.5. The zero-order valence-electron chi connectivity index (χ0n) is 52.7. The van der Waals surface area contributed by atoms with E-state index in [2.05, 4.69) is 0 Å². The second-order valence-corrected chi connectivity index (χ2v) is 24.7. The molecule has 4 aromatic carbocycles. The zero-order valence-corrected chi connectivity index (χ0v) is 52.7. The lowest BCUT2D eigenvalue weighted by atomic mass is 9.71. The van der Waals surface area contributed by atoms with E-state index in [1.807, 2.05) is 0 Å². The number of methoxy groups -OCH3 is 2. The number of hydrogen-bond donors (Lipinski definition) is 14. The highest BCUT2D eigenvalue weighted by Gasteiger charge is 2.53. The monoisotopic (exact) mass is 1360 g/mol. The quantitative estimate of drug-likeness (QED) is 0.0560. The Hall–Kier alpha value is -7.76. The number of imide groups is 1. The number of phenolic OH excluding ortho intramolecular Hbond substituents is 4. The molecular weight excluding hydrogens is 1280 g/mol. The Morgan fingerprint density at radius 1 is 0.629 bits per heavy atom. The van der Waals surface area contributed by atoms with Gasteiger partial charge in [-0.3, -0.25) is 43.3 Å². The first-order chi connectivity index (χ1) is 44.7. The molecule has 530 valence electrons. The number of aliphatic hydroxyl groups is 8. The highest BCUT2D eigenvalue weighted by atomic mass is 16.7. The molecule has 5 unspecified atom stereocenters. The Labute approximate surface area is 556 Å². The third-order valence-electron chi connectivity index (χ3n) is 18.8. The summed E-state index contributed by atoms with van der Waals surface area (Å²) in [6.07, 6.45) is -14.5. The standard InChI is InChI=1S/C28H31NO10.C27H29NO10.C10H17NO7.2CH4/c1-4-17(30)28(36)9-13-20(16(10-28)39-18-8-14(29)23(31)11(2)38-18)27(35)22-21(25(13)33)24(32)12-6-5-7-15(37-3)19(12)26(22)34;1-10-22(30)14(28)7-17(37-10)38-16-9-27(35,11(2)29)8-13-19(16)26(34)21-20(24(13)32)23(31)12-5-4-6-15(36-3)18(12)25(21)33;1-11(4-13)7(14)2-5-8(15)9(16)6(3-12)18-10(5)17;;/h5-7,11,14,16,18,23,31,33,35-36H,4,8-10,29H2,1-3H3;4-6,10,14,16-17,22,30,32,34-35H,7-9,28H2,1-3H3;4-6,8-10,12,15-17H,2-3H2,1H3;2*1H4/t11?,14?,16-,18?,23?,28-;10?,14-,16+,17+,22-,27+;5-,6-,8-,9-,10-;;/m011../s1. The summed E-state index contributed by atoms with van der Waals surface area (Å²) in [4.78, 5) is 102. The topological polar surface area (TPSA) is 499 Å². The maximum Gasteiger partial charge on any atom is 0.229 e. The fourth-order valence-corrected chi connectivity index (χ4v) is 13.4. The van der Waals surface area contributed by atoms with E-state index in [-0.39, 0.29) is 109 Å². The highest BCUT2D eigenvalue weighted by molar-refractivity contribution is 6.32. The Kier molecular flexibility index (Phi) is 23.5. The minimum atomic E-state index is -2.00. The van der Waals surface area contributed by atoms with Gasteiger partial charge in [-0.05, 0) is 32.9 Å². The third-order valence-corrected chi connectivity index (χ3v) is 18.8. The lowest BCUT2D eigenvalue weighted by Gasteiger charge is -2.42. The van der Waals surface area contributed by atoms with E-state index in [9.17, 15) is 94.5 Å². The molecule has 7 aliphatic rings. The largest absolute Gasteiger partial charge is 0.507 e. The van der Waals surface area contributed by atoms with Crippen LogP contribution in [0.3, 0.4) is 0 Å². The van der Waals surface area contributed by atoms with Crippen molar-refractivity contribution in [1.29, 1.82) is 0 Å². The fraction of sp³-hybridized carbons (Fsp3) is 0.522. The molecule has 16 N–H and O–H groups in total. The van der Waals surface area contributed by atoms with Gasteiger partial charge in [-0.1, -0.05) is 46.0 Å². The Morgan fingerprint density at radius 3 is 1.42 bits per heavy atom.